The Morgan fingerprint density at radius 3 is 2.65 bits per heavy atom. The van der Waals surface area contributed by atoms with Crippen molar-refractivity contribution in [2.24, 2.45) is 0 Å². The van der Waals surface area contributed by atoms with Crippen LogP contribution in [0.5, 0.6) is 5.75 Å². The molecule has 1 aromatic carbocycles. The van der Waals surface area contributed by atoms with E-state index in [-0.39, 0.29) is 6.04 Å². The lowest BCUT2D eigenvalue weighted by molar-refractivity contribution is 0.414. The summed E-state index contributed by atoms with van der Waals surface area (Å²) in [6.07, 6.45) is 1.75. The number of nitrogens with two attached hydrogens (primary N) is 1. The van der Waals surface area contributed by atoms with Crippen LogP contribution in [0.2, 0.25) is 0 Å². The summed E-state index contributed by atoms with van der Waals surface area (Å²) in [4.78, 5) is 8.73. The fourth-order valence-corrected chi connectivity index (χ4v) is 2.36. The van der Waals surface area contributed by atoms with Crippen LogP contribution in [0.4, 0.5) is 5.95 Å². The quantitative estimate of drug-likeness (QED) is 0.793. The van der Waals surface area contributed by atoms with Gasteiger partial charge in [-0.3, -0.25) is 4.57 Å². The van der Waals surface area contributed by atoms with E-state index in [9.17, 15) is 0 Å². The van der Waals surface area contributed by atoms with Gasteiger partial charge in [0.15, 0.2) is 5.65 Å². The van der Waals surface area contributed by atoms with Crippen molar-refractivity contribution in [3.05, 3.63) is 48.2 Å². The Hall–Kier alpha value is -2.56. The van der Waals surface area contributed by atoms with Crippen molar-refractivity contribution in [1.29, 1.82) is 0 Å². The normalized spacial score (nSPS) is 12.5. The molecule has 3 aromatic rings. The van der Waals surface area contributed by atoms with E-state index in [0.29, 0.717) is 5.95 Å². The van der Waals surface area contributed by atoms with E-state index < -0.39 is 0 Å². The van der Waals surface area contributed by atoms with Gasteiger partial charge in [0.2, 0.25) is 5.95 Å². The van der Waals surface area contributed by atoms with E-state index in [1.807, 2.05) is 41.0 Å². The minimum atomic E-state index is 0.0563. The van der Waals surface area contributed by atoms with Gasteiger partial charge in [0.05, 0.1) is 13.2 Å². The number of imidazole rings is 1. The fraction of sp³-hybridized carbons (Fsp3) is 0.200. The van der Waals surface area contributed by atoms with Gasteiger partial charge >= 0.3 is 0 Å². The molecule has 0 aliphatic rings. The van der Waals surface area contributed by atoms with Crippen LogP contribution < -0.4 is 10.5 Å². The van der Waals surface area contributed by atoms with Crippen LogP contribution in [-0.2, 0) is 0 Å². The van der Waals surface area contributed by atoms with E-state index >= 15 is 0 Å². The predicted molar refractivity (Wildman–Crippen MR) is 78.7 cm³/mol. The van der Waals surface area contributed by atoms with Crippen LogP contribution >= 0.6 is 0 Å². The Bertz CT molecular complexity index is 733. The molecule has 0 saturated carbocycles. The summed E-state index contributed by atoms with van der Waals surface area (Å²) in [6, 6.07) is 11.8. The Labute approximate surface area is 117 Å². The zero-order valence-electron chi connectivity index (χ0n) is 11.4. The summed E-state index contributed by atoms with van der Waals surface area (Å²) >= 11 is 0. The highest BCUT2D eigenvalue weighted by Gasteiger charge is 2.16. The van der Waals surface area contributed by atoms with E-state index in [4.69, 9.17) is 10.5 Å². The van der Waals surface area contributed by atoms with Crippen LogP contribution in [0.25, 0.3) is 11.2 Å². The summed E-state index contributed by atoms with van der Waals surface area (Å²) in [6.45, 7) is 2.08. The lowest BCUT2D eigenvalue weighted by atomic mass is 10.1. The average Bonchev–Trinajstić information content (AvgIpc) is 2.82. The zero-order valence-corrected chi connectivity index (χ0v) is 11.4. The molecule has 0 radical (unpaired) electrons. The largest absolute Gasteiger partial charge is 0.497 e. The molecule has 3 rings (SSSR count). The summed E-state index contributed by atoms with van der Waals surface area (Å²) in [5, 5.41) is 0. The highest BCUT2D eigenvalue weighted by atomic mass is 16.5. The summed E-state index contributed by atoms with van der Waals surface area (Å²) in [7, 11) is 1.66. The van der Waals surface area contributed by atoms with Gasteiger partial charge in [0, 0.05) is 6.20 Å². The van der Waals surface area contributed by atoms with Crippen molar-refractivity contribution < 1.29 is 4.74 Å². The smallest absolute Gasteiger partial charge is 0.203 e. The standard InChI is InChI=1S/C15H16N4O/c1-10(11-5-7-12(20-2)8-6-11)19-14-13(18-15(19)16)4-3-9-17-14/h3-10H,1-2H3,(H2,16,18). The maximum absolute atomic E-state index is 6.03. The van der Waals surface area contributed by atoms with Crippen molar-refractivity contribution in [1.82, 2.24) is 14.5 Å². The second kappa shape index (κ2) is 4.85. The van der Waals surface area contributed by atoms with Crippen molar-refractivity contribution >= 4 is 17.1 Å². The highest BCUT2D eigenvalue weighted by molar-refractivity contribution is 5.74. The molecule has 0 fully saturated rings. The molecule has 102 valence electrons. The first-order valence-electron chi connectivity index (χ1n) is 6.43. The maximum atomic E-state index is 6.03. The molecule has 0 spiro atoms. The topological polar surface area (TPSA) is 66.0 Å². The van der Waals surface area contributed by atoms with Gasteiger partial charge in [0.1, 0.15) is 11.3 Å². The van der Waals surface area contributed by atoms with E-state index in [0.717, 1.165) is 22.5 Å². The second-order valence-electron chi connectivity index (χ2n) is 4.64. The number of rotatable bonds is 3. The third-order valence-electron chi connectivity index (χ3n) is 3.46. The summed E-state index contributed by atoms with van der Waals surface area (Å²) in [5.74, 6) is 1.31. The molecule has 1 unspecified atom stereocenters. The molecular formula is C15H16N4O. The third-order valence-corrected chi connectivity index (χ3v) is 3.46. The molecule has 1 atom stereocenters. The molecule has 0 aliphatic carbocycles. The van der Waals surface area contributed by atoms with Gasteiger partial charge in [-0.25, -0.2) is 9.97 Å². The van der Waals surface area contributed by atoms with E-state index in [2.05, 4.69) is 16.9 Å². The van der Waals surface area contributed by atoms with Crippen LogP contribution in [-0.4, -0.2) is 21.6 Å². The molecular weight excluding hydrogens is 252 g/mol. The Balaban J connectivity index is 2.07. The zero-order chi connectivity index (χ0) is 14.1. The van der Waals surface area contributed by atoms with Crippen LogP contribution in [0, 0.1) is 0 Å². The number of nitrogens with zero attached hydrogens (tertiary/aromatic N) is 3. The number of ether oxygens (including phenoxy) is 1. The van der Waals surface area contributed by atoms with E-state index in [1.54, 1.807) is 13.3 Å². The number of pyridine rings is 1. The van der Waals surface area contributed by atoms with Gasteiger partial charge in [0.25, 0.3) is 0 Å². The van der Waals surface area contributed by atoms with Crippen molar-refractivity contribution in [2.45, 2.75) is 13.0 Å². The van der Waals surface area contributed by atoms with Crippen molar-refractivity contribution in [3.63, 3.8) is 0 Å². The predicted octanol–water partition coefficient (Wildman–Crippen LogP) is 2.63. The third kappa shape index (κ3) is 1.97. The Morgan fingerprint density at radius 1 is 1.20 bits per heavy atom. The molecule has 2 N–H and O–H groups in total. The van der Waals surface area contributed by atoms with Crippen molar-refractivity contribution in [3.8, 4) is 5.75 Å². The number of nitrogen functional groups attached to an aromatic ring is 1. The molecule has 0 amide bonds. The van der Waals surface area contributed by atoms with Gasteiger partial charge in [-0.15, -0.1) is 0 Å². The molecule has 0 aliphatic heterocycles. The van der Waals surface area contributed by atoms with Crippen LogP contribution in [0.1, 0.15) is 18.5 Å². The van der Waals surface area contributed by atoms with Gasteiger partial charge in [-0.1, -0.05) is 12.1 Å². The van der Waals surface area contributed by atoms with Crippen LogP contribution in [0.3, 0.4) is 0 Å². The molecule has 2 heterocycles. The number of hydrogen-bond donors (Lipinski definition) is 1. The number of fused-ring (bicyclic) bond motifs is 1. The van der Waals surface area contributed by atoms with Gasteiger partial charge < -0.3 is 10.5 Å². The molecule has 20 heavy (non-hydrogen) atoms. The number of benzene rings is 1. The molecule has 5 nitrogen and oxygen atoms in total. The molecule has 0 bridgehead atoms. The minimum Gasteiger partial charge on any atom is -0.497 e. The number of aromatic nitrogens is 3. The first-order chi connectivity index (χ1) is 9.70. The number of methoxy groups -OCH3 is 1. The number of hydrogen-bond acceptors (Lipinski definition) is 4. The van der Waals surface area contributed by atoms with Crippen LogP contribution in [0.15, 0.2) is 42.6 Å². The van der Waals surface area contributed by atoms with Gasteiger partial charge in [-0.2, -0.15) is 0 Å². The van der Waals surface area contributed by atoms with Crippen molar-refractivity contribution in [2.75, 3.05) is 12.8 Å². The monoisotopic (exact) mass is 268 g/mol. The summed E-state index contributed by atoms with van der Waals surface area (Å²) < 4.78 is 7.12. The lowest BCUT2D eigenvalue weighted by Gasteiger charge is -2.16. The Kier molecular flexibility index (Phi) is 3.02. The maximum Gasteiger partial charge on any atom is 0.203 e. The SMILES string of the molecule is COc1ccc(C(C)n2c(N)nc3cccnc32)cc1. The fourth-order valence-electron chi connectivity index (χ4n) is 2.36. The van der Waals surface area contributed by atoms with Gasteiger partial charge in [-0.05, 0) is 36.8 Å². The molecule has 5 heteroatoms. The average molecular weight is 268 g/mol. The van der Waals surface area contributed by atoms with E-state index in [1.165, 1.54) is 0 Å². The molecule has 0 saturated heterocycles. The lowest BCUT2D eigenvalue weighted by Crippen LogP contribution is -2.10. The highest BCUT2D eigenvalue weighted by Crippen LogP contribution is 2.26. The first kappa shape index (κ1) is 12.5. The Morgan fingerprint density at radius 2 is 1.95 bits per heavy atom. The first-order valence-corrected chi connectivity index (χ1v) is 6.43. The number of anilines is 1. The summed E-state index contributed by atoms with van der Waals surface area (Å²) in [5.41, 5.74) is 8.77. The molecule has 2 aromatic heterocycles. The second-order valence-corrected chi connectivity index (χ2v) is 4.64. The minimum absolute atomic E-state index is 0.0563.